The van der Waals surface area contributed by atoms with E-state index in [2.05, 4.69) is 34.0 Å². The SMILES string of the molecule is CC1(C)CNC2(CCCCC2)CN1Cc1ncccn1. The van der Waals surface area contributed by atoms with Gasteiger partial charge in [0, 0.05) is 36.6 Å². The molecule has 4 nitrogen and oxygen atoms in total. The zero-order valence-corrected chi connectivity index (χ0v) is 12.7. The Kier molecular flexibility index (Phi) is 3.78. The number of hydrogen-bond donors (Lipinski definition) is 1. The summed E-state index contributed by atoms with van der Waals surface area (Å²) in [6.07, 6.45) is 10.4. The van der Waals surface area contributed by atoms with Crippen LogP contribution >= 0.6 is 0 Å². The molecule has 2 fully saturated rings. The first-order valence-corrected chi connectivity index (χ1v) is 7.86. The van der Waals surface area contributed by atoms with E-state index in [9.17, 15) is 0 Å². The van der Waals surface area contributed by atoms with Crippen LogP contribution in [0.15, 0.2) is 18.5 Å². The fraction of sp³-hybridized carbons (Fsp3) is 0.750. The monoisotopic (exact) mass is 274 g/mol. The molecule has 0 radical (unpaired) electrons. The van der Waals surface area contributed by atoms with Gasteiger partial charge >= 0.3 is 0 Å². The van der Waals surface area contributed by atoms with Gasteiger partial charge < -0.3 is 5.32 Å². The van der Waals surface area contributed by atoms with Gasteiger partial charge in [-0.15, -0.1) is 0 Å². The first-order valence-electron chi connectivity index (χ1n) is 7.86. The quantitative estimate of drug-likeness (QED) is 0.899. The normalized spacial score (nSPS) is 25.7. The van der Waals surface area contributed by atoms with Crippen molar-refractivity contribution in [2.24, 2.45) is 0 Å². The van der Waals surface area contributed by atoms with E-state index >= 15 is 0 Å². The van der Waals surface area contributed by atoms with Crippen molar-refractivity contribution in [1.82, 2.24) is 20.2 Å². The predicted octanol–water partition coefficient (Wildman–Crippen LogP) is 2.36. The minimum absolute atomic E-state index is 0.169. The molecule has 0 amide bonds. The van der Waals surface area contributed by atoms with Crippen molar-refractivity contribution < 1.29 is 0 Å². The van der Waals surface area contributed by atoms with E-state index in [-0.39, 0.29) is 5.54 Å². The van der Waals surface area contributed by atoms with Gasteiger partial charge in [-0.25, -0.2) is 9.97 Å². The Hall–Kier alpha value is -1.00. The van der Waals surface area contributed by atoms with Crippen molar-refractivity contribution >= 4 is 0 Å². The van der Waals surface area contributed by atoms with E-state index in [1.165, 1.54) is 32.1 Å². The number of hydrogen-bond acceptors (Lipinski definition) is 4. The van der Waals surface area contributed by atoms with Gasteiger partial charge in [-0.3, -0.25) is 4.90 Å². The van der Waals surface area contributed by atoms with Gasteiger partial charge in [0.15, 0.2) is 0 Å². The lowest BCUT2D eigenvalue weighted by Crippen LogP contribution is -2.68. The largest absolute Gasteiger partial charge is 0.308 e. The summed E-state index contributed by atoms with van der Waals surface area (Å²) in [7, 11) is 0. The fourth-order valence-corrected chi connectivity index (χ4v) is 3.57. The molecule has 0 aromatic carbocycles. The van der Waals surface area contributed by atoms with Crippen molar-refractivity contribution in [3.05, 3.63) is 24.3 Å². The van der Waals surface area contributed by atoms with Gasteiger partial charge in [-0.1, -0.05) is 19.3 Å². The number of nitrogens with zero attached hydrogens (tertiary/aromatic N) is 3. The van der Waals surface area contributed by atoms with E-state index in [4.69, 9.17) is 0 Å². The molecule has 20 heavy (non-hydrogen) atoms. The lowest BCUT2D eigenvalue weighted by molar-refractivity contribution is 0.00318. The molecule has 1 aliphatic heterocycles. The lowest BCUT2D eigenvalue weighted by Gasteiger charge is -2.53. The van der Waals surface area contributed by atoms with Crippen LogP contribution in [0.3, 0.4) is 0 Å². The van der Waals surface area contributed by atoms with Gasteiger partial charge in [0.25, 0.3) is 0 Å². The first-order chi connectivity index (χ1) is 9.60. The summed E-state index contributed by atoms with van der Waals surface area (Å²) < 4.78 is 0. The highest BCUT2D eigenvalue weighted by molar-refractivity contribution is 5.04. The van der Waals surface area contributed by atoms with Gasteiger partial charge in [0.05, 0.1) is 6.54 Å². The van der Waals surface area contributed by atoms with Gasteiger partial charge in [-0.05, 0) is 32.8 Å². The van der Waals surface area contributed by atoms with Crippen LogP contribution in [0.4, 0.5) is 0 Å². The molecule has 1 N–H and O–H groups in total. The van der Waals surface area contributed by atoms with Crippen molar-refractivity contribution in [1.29, 1.82) is 0 Å². The summed E-state index contributed by atoms with van der Waals surface area (Å²) in [6.45, 7) is 7.67. The Bertz CT molecular complexity index is 437. The van der Waals surface area contributed by atoms with Crippen molar-refractivity contribution in [2.75, 3.05) is 13.1 Å². The zero-order valence-electron chi connectivity index (χ0n) is 12.7. The van der Waals surface area contributed by atoms with Gasteiger partial charge in [0.1, 0.15) is 5.82 Å². The van der Waals surface area contributed by atoms with E-state index in [0.717, 1.165) is 25.5 Å². The average molecular weight is 274 g/mol. The number of nitrogens with one attached hydrogen (secondary N) is 1. The molecule has 2 aliphatic rings. The van der Waals surface area contributed by atoms with Gasteiger partial charge in [-0.2, -0.15) is 0 Å². The predicted molar refractivity (Wildman–Crippen MR) is 80.3 cm³/mol. The summed E-state index contributed by atoms with van der Waals surface area (Å²) in [5.74, 6) is 0.938. The van der Waals surface area contributed by atoms with Crippen LogP contribution in [0.1, 0.15) is 51.8 Å². The highest BCUT2D eigenvalue weighted by Gasteiger charge is 2.43. The summed E-state index contributed by atoms with van der Waals surface area (Å²) >= 11 is 0. The molecular formula is C16H26N4. The molecule has 1 spiro atoms. The summed E-state index contributed by atoms with van der Waals surface area (Å²) in [5.41, 5.74) is 0.504. The molecule has 0 unspecified atom stereocenters. The smallest absolute Gasteiger partial charge is 0.142 e. The van der Waals surface area contributed by atoms with Crippen molar-refractivity contribution in [3.8, 4) is 0 Å². The molecule has 1 saturated carbocycles. The third-order valence-corrected chi connectivity index (χ3v) is 5.01. The first kappa shape index (κ1) is 14.0. The second kappa shape index (κ2) is 5.41. The Morgan fingerprint density at radius 3 is 2.55 bits per heavy atom. The standard InChI is InChI=1S/C16H26N4/c1-15(2)12-19-16(7-4-3-5-8-16)13-20(15)11-14-17-9-6-10-18-14/h6,9-10,19H,3-5,7-8,11-13H2,1-2H3. The molecule has 1 aromatic heterocycles. The summed E-state index contributed by atoms with van der Waals surface area (Å²) in [4.78, 5) is 11.4. The fourth-order valence-electron chi connectivity index (χ4n) is 3.57. The van der Waals surface area contributed by atoms with E-state index < -0.39 is 0 Å². The Balaban J connectivity index is 1.75. The molecule has 4 heteroatoms. The van der Waals surface area contributed by atoms with Crippen LogP contribution < -0.4 is 5.32 Å². The average Bonchev–Trinajstić information content (AvgIpc) is 2.46. The number of rotatable bonds is 2. The highest BCUT2D eigenvalue weighted by Crippen LogP contribution is 2.34. The molecule has 2 heterocycles. The summed E-state index contributed by atoms with van der Waals surface area (Å²) in [5, 5.41) is 3.86. The second-order valence-electron chi connectivity index (χ2n) is 7.03. The Morgan fingerprint density at radius 2 is 1.85 bits per heavy atom. The minimum Gasteiger partial charge on any atom is -0.308 e. The zero-order chi connectivity index (χ0) is 14.1. The van der Waals surface area contributed by atoms with Crippen LogP contribution in [0.2, 0.25) is 0 Å². The molecule has 110 valence electrons. The van der Waals surface area contributed by atoms with Gasteiger partial charge in [0.2, 0.25) is 0 Å². The topological polar surface area (TPSA) is 41.0 Å². The lowest BCUT2D eigenvalue weighted by atomic mass is 9.77. The molecule has 0 atom stereocenters. The second-order valence-corrected chi connectivity index (χ2v) is 7.03. The van der Waals surface area contributed by atoms with Crippen molar-refractivity contribution in [3.63, 3.8) is 0 Å². The number of piperazine rings is 1. The van der Waals surface area contributed by atoms with Crippen molar-refractivity contribution in [2.45, 2.75) is 63.6 Å². The molecule has 1 aromatic rings. The van der Waals surface area contributed by atoms with E-state index in [1.54, 1.807) is 0 Å². The van der Waals surface area contributed by atoms with Crippen LogP contribution in [-0.2, 0) is 6.54 Å². The molecular weight excluding hydrogens is 248 g/mol. The Labute approximate surface area is 122 Å². The molecule has 1 saturated heterocycles. The maximum Gasteiger partial charge on any atom is 0.142 e. The van der Waals surface area contributed by atoms with Crippen LogP contribution in [0.5, 0.6) is 0 Å². The third-order valence-electron chi connectivity index (χ3n) is 5.01. The van der Waals surface area contributed by atoms with Crippen LogP contribution in [0.25, 0.3) is 0 Å². The molecule has 1 aliphatic carbocycles. The highest BCUT2D eigenvalue weighted by atomic mass is 15.3. The van der Waals surface area contributed by atoms with Crippen LogP contribution in [-0.4, -0.2) is 39.0 Å². The number of aromatic nitrogens is 2. The maximum absolute atomic E-state index is 4.40. The molecule has 0 bridgehead atoms. The molecule has 3 rings (SSSR count). The minimum atomic E-state index is 0.169. The summed E-state index contributed by atoms with van der Waals surface area (Å²) in [6, 6.07) is 1.88. The third kappa shape index (κ3) is 2.86. The maximum atomic E-state index is 4.40. The Morgan fingerprint density at radius 1 is 1.15 bits per heavy atom. The van der Waals surface area contributed by atoms with E-state index in [0.29, 0.717) is 5.54 Å². The van der Waals surface area contributed by atoms with E-state index in [1.807, 2.05) is 18.5 Å². The van der Waals surface area contributed by atoms with Crippen LogP contribution in [0, 0.1) is 0 Å².